The van der Waals surface area contributed by atoms with Crippen LogP contribution in [0.5, 0.6) is 0 Å². The zero-order valence-electron chi connectivity index (χ0n) is 13.8. The van der Waals surface area contributed by atoms with Crippen LogP contribution in [0.2, 0.25) is 0 Å². The van der Waals surface area contributed by atoms with Crippen LogP contribution in [0.15, 0.2) is 0 Å². The molecule has 0 aromatic carbocycles. The minimum Gasteiger partial charge on any atom is -0.394 e. The normalized spacial score (nSPS) is 11.8. The molecule has 20 heavy (non-hydrogen) atoms. The largest absolute Gasteiger partial charge is 0.394 e. The topological polar surface area (TPSA) is 58.9 Å². The first-order chi connectivity index (χ1) is 9.76. The van der Waals surface area contributed by atoms with E-state index >= 15 is 0 Å². The molecular formula is C16H36O4. The molecule has 0 aliphatic rings. The van der Waals surface area contributed by atoms with Crippen molar-refractivity contribution in [1.82, 2.24) is 0 Å². The highest BCUT2D eigenvalue weighted by atomic mass is 16.5. The molecule has 1 atom stereocenters. The molecule has 0 heterocycles. The quantitative estimate of drug-likeness (QED) is 0.512. The average Bonchev–Trinajstić information content (AvgIpc) is 2.48. The highest BCUT2D eigenvalue weighted by Gasteiger charge is 2.08. The van der Waals surface area contributed by atoms with Gasteiger partial charge in [-0.25, -0.2) is 0 Å². The van der Waals surface area contributed by atoms with Gasteiger partial charge in [0.25, 0.3) is 0 Å². The Hall–Kier alpha value is -0.160. The maximum atomic E-state index is 7.62. The Bertz CT molecular complexity index is 151. The Morgan fingerprint density at radius 1 is 0.800 bits per heavy atom. The van der Waals surface area contributed by atoms with Gasteiger partial charge >= 0.3 is 0 Å². The molecule has 2 N–H and O–H groups in total. The van der Waals surface area contributed by atoms with E-state index in [1.165, 1.54) is 25.7 Å². The zero-order chi connectivity index (χ0) is 15.5. The third-order valence-corrected chi connectivity index (χ3v) is 2.78. The molecule has 0 aliphatic carbocycles. The molecule has 4 heteroatoms. The number of hydrogen-bond acceptors (Lipinski definition) is 4. The summed E-state index contributed by atoms with van der Waals surface area (Å²) >= 11 is 0. The van der Waals surface area contributed by atoms with E-state index in [2.05, 4.69) is 20.8 Å². The third-order valence-electron chi connectivity index (χ3n) is 2.78. The van der Waals surface area contributed by atoms with E-state index in [1.54, 1.807) is 0 Å². The van der Waals surface area contributed by atoms with Crippen molar-refractivity contribution in [3.8, 4) is 0 Å². The van der Waals surface area contributed by atoms with E-state index in [4.69, 9.17) is 19.7 Å². The van der Waals surface area contributed by atoms with Crippen LogP contribution in [0.1, 0.15) is 65.7 Å². The summed E-state index contributed by atoms with van der Waals surface area (Å²) in [4.78, 5) is 0. The number of aliphatic hydroxyl groups excluding tert-OH is 2. The van der Waals surface area contributed by atoms with E-state index in [0.717, 1.165) is 39.1 Å². The van der Waals surface area contributed by atoms with Gasteiger partial charge in [-0.1, -0.05) is 46.5 Å². The van der Waals surface area contributed by atoms with E-state index in [1.807, 2.05) is 0 Å². The van der Waals surface area contributed by atoms with Gasteiger partial charge in [0, 0.05) is 13.2 Å². The van der Waals surface area contributed by atoms with Crippen LogP contribution in [0.25, 0.3) is 0 Å². The van der Waals surface area contributed by atoms with Crippen LogP contribution in [0.3, 0.4) is 0 Å². The molecule has 0 radical (unpaired) electrons. The number of unbranched alkanes of at least 4 members (excludes halogenated alkanes) is 3. The van der Waals surface area contributed by atoms with E-state index in [-0.39, 0.29) is 13.2 Å². The van der Waals surface area contributed by atoms with Crippen molar-refractivity contribution in [1.29, 1.82) is 0 Å². The predicted octanol–water partition coefficient (Wildman–Crippen LogP) is 3.15. The van der Waals surface area contributed by atoms with Crippen LogP contribution in [0, 0.1) is 0 Å². The molecule has 0 aliphatic heterocycles. The Labute approximate surface area is 125 Å². The second-order valence-corrected chi connectivity index (χ2v) is 4.86. The smallest absolute Gasteiger partial charge is 0.0808 e. The standard InChI is InChI=1S/C14H30O2.C2H6O2/c1-4-7-10-14(16-12-9-6-3)13-15-11-8-5-2;3-1-2-4/h14H,4-13H2,1-3H3;3-4H,1-2H2. The van der Waals surface area contributed by atoms with Crippen molar-refractivity contribution in [2.24, 2.45) is 0 Å². The van der Waals surface area contributed by atoms with Gasteiger partial charge in [0.15, 0.2) is 0 Å². The minimum absolute atomic E-state index is 0.125. The van der Waals surface area contributed by atoms with E-state index in [9.17, 15) is 0 Å². The first kappa shape index (κ1) is 22.1. The lowest BCUT2D eigenvalue weighted by molar-refractivity contribution is -0.0227. The maximum Gasteiger partial charge on any atom is 0.0808 e. The van der Waals surface area contributed by atoms with Crippen molar-refractivity contribution in [3.63, 3.8) is 0 Å². The molecule has 124 valence electrons. The summed E-state index contributed by atoms with van der Waals surface area (Å²) in [5.74, 6) is 0. The number of hydrogen-bond donors (Lipinski definition) is 2. The van der Waals surface area contributed by atoms with Gasteiger partial charge in [-0.3, -0.25) is 0 Å². The molecule has 0 aromatic rings. The first-order valence-corrected chi connectivity index (χ1v) is 8.17. The lowest BCUT2D eigenvalue weighted by atomic mass is 10.2. The SMILES string of the molecule is CCCCOCC(CCCC)OCCCC.OCCO. The molecular weight excluding hydrogens is 256 g/mol. The predicted molar refractivity (Wildman–Crippen MR) is 84.1 cm³/mol. The maximum absolute atomic E-state index is 7.62. The van der Waals surface area contributed by atoms with Gasteiger partial charge in [-0.15, -0.1) is 0 Å². The Morgan fingerprint density at radius 2 is 1.35 bits per heavy atom. The van der Waals surface area contributed by atoms with Crippen molar-refractivity contribution < 1.29 is 19.7 Å². The number of rotatable bonds is 13. The van der Waals surface area contributed by atoms with Gasteiger partial charge < -0.3 is 19.7 Å². The number of ether oxygens (including phenoxy) is 2. The van der Waals surface area contributed by atoms with Gasteiger partial charge in [-0.2, -0.15) is 0 Å². The highest BCUT2D eigenvalue weighted by Crippen LogP contribution is 2.07. The molecule has 0 saturated carbocycles. The molecule has 0 rings (SSSR count). The number of aliphatic hydroxyl groups is 2. The summed E-state index contributed by atoms with van der Waals surface area (Å²) < 4.78 is 11.5. The van der Waals surface area contributed by atoms with Crippen LogP contribution >= 0.6 is 0 Å². The molecule has 4 nitrogen and oxygen atoms in total. The van der Waals surface area contributed by atoms with Gasteiger partial charge in [0.2, 0.25) is 0 Å². The van der Waals surface area contributed by atoms with Crippen molar-refractivity contribution in [2.75, 3.05) is 33.0 Å². The van der Waals surface area contributed by atoms with Crippen LogP contribution < -0.4 is 0 Å². The first-order valence-electron chi connectivity index (χ1n) is 8.17. The summed E-state index contributed by atoms with van der Waals surface area (Å²) in [5.41, 5.74) is 0. The monoisotopic (exact) mass is 292 g/mol. The van der Waals surface area contributed by atoms with Crippen molar-refractivity contribution >= 4 is 0 Å². The summed E-state index contributed by atoms with van der Waals surface area (Å²) in [6.07, 6.45) is 8.69. The van der Waals surface area contributed by atoms with Gasteiger partial charge in [-0.05, 0) is 19.3 Å². The minimum atomic E-state index is -0.125. The molecule has 0 bridgehead atoms. The molecule has 0 amide bonds. The zero-order valence-corrected chi connectivity index (χ0v) is 13.8. The van der Waals surface area contributed by atoms with Gasteiger partial charge in [0.05, 0.1) is 25.9 Å². The highest BCUT2D eigenvalue weighted by molar-refractivity contribution is 4.57. The molecule has 0 saturated heterocycles. The van der Waals surface area contributed by atoms with Crippen LogP contribution in [0.4, 0.5) is 0 Å². The summed E-state index contributed by atoms with van der Waals surface area (Å²) in [6.45, 7) is 8.92. The fourth-order valence-corrected chi connectivity index (χ4v) is 1.50. The lowest BCUT2D eigenvalue weighted by Gasteiger charge is -2.17. The third kappa shape index (κ3) is 20.2. The van der Waals surface area contributed by atoms with Crippen molar-refractivity contribution in [2.45, 2.75) is 71.8 Å². The summed E-state index contributed by atoms with van der Waals surface area (Å²) in [7, 11) is 0. The van der Waals surface area contributed by atoms with Crippen molar-refractivity contribution in [3.05, 3.63) is 0 Å². The Morgan fingerprint density at radius 3 is 1.85 bits per heavy atom. The summed E-state index contributed by atoms with van der Waals surface area (Å²) in [6, 6.07) is 0. The molecule has 1 unspecified atom stereocenters. The second kappa shape index (κ2) is 21.1. The second-order valence-electron chi connectivity index (χ2n) is 4.86. The Kier molecular flexibility index (Phi) is 23.4. The van der Waals surface area contributed by atoms with E-state index in [0.29, 0.717) is 6.10 Å². The van der Waals surface area contributed by atoms with Crippen LogP contribution in [-0.2, 0) is 9.47 Å². The lowest BCUT2D eigenvalue weighted by Crippen LogP contribution is -2.21. The molecule has 0 aromatic heterocycles. The average molecular weight is 292 g/mol. The fourth-order valence-electron chi connectivity index (χ4n) is 1.50. The van der Waals surface area contributed by atoms with Crippen LogP contribution in [-0.4, -0.2) is 49.4 Å². The molecule has 0 spiro atoms. The van der Waals surface area contributed by atoms with E-state index < -0.39 is 0 Å². The molecule has 0 fully saturated rings. The Balaban J connectivity index is 0. The van der Waals surface area contributed by atoms with Gasteiger partial charge in [0.1, 0.15) is 0 Å². The fraction of sp³-hybridized carbons (Fsp3) is 1.00. The summed E-state index contributed by atoms with van der Waals surface area (Å²) in [5, 5.41) is 15.2.